The summed E-state index contributed by atoms with van der Waals surface area (Å²) in [5.41, 5.74) is -0.329. The molecule has 1 spiro atoms. The Hall–Kier alpha value is -0.710. The maximum atomic E-state index is 11.9. The SMILES string of the molecule is CC(C)C1CC(O)C(C)C2(C=C(CO)C(=O)C2)C1O. The fourth-order valence-corrected chi connectivity index (χ4v) is 3.74. The highest BCUT2D eigenvalue weighted by molar-refractivity contribution is 5.99. The first-order valence-corrected chi connectivity index (χ1v) is 7.05. The molecule has 0 radical (unpaired) electrons. The van der Waals surface area contributed by atoms with Gasteiger partial charge >= 0.3 is 0 Å². The summed E-state index contributed by atoms with van der Waals surface area (Å²) < 4.78 is 0. The Morgan fingerprint density at radius 2 is 2.05 bits per heavy atom. The van der Waals surface area contributed by atoms with Crippen molar-refractivity contribution < 1.29 is 20.1 Å². The van der Waals surface area contributed by atoms with Gasteiger partial charge in [-0.3, -0.25) is 4.79 Å². The Bertz CT molecular complexity index is 401. The Morgan fingerprint density at radius 3 is 2.53 bits per heavy atom. The third-order valence-electron chi connectivity index (χ3n) is 5.19. The van der Waals surface area contributed by atoms with Gasteiger partial charge < -0.3 is 15.3 Å². The Kier molecular flexibility index (Phi) is 3.87. The first kappa shape index (κ1) is 14.7. The van der Waals surface area contributed by atoms with Crippen LogP contribution in [0.4, 0.5) is 0 Å². The fraction of sp³-hybridized carbons (Fsp3) is 0.800. The molecule has 4 nitrogen and oxygen atoms in total. The minimum atomic E-state index is -0.707. The van der Waals surface area contributed by atoms with Crippen molar-refractivity contribution in [2.75, 3.05) is 6.61 Å². The van der Waals surface area contributed by atoms with E-state index < -0.39 is 17.6 Å². The van der Waals surface area contributed by atoms with Gasteiger partial charge in [-0.25, -0.2) is 0 Å². The van der Waals surface area contributed by atoms with Crippen molar-refractivity contribution in [3.63, 3.8) is 0 Å². The molecule has 108 valence electrons. The van der Waals surface area contributed by atoms with E-state index in [2.05, 4.69) is 0 Å². The maximum Gasteiger partial charge on any atom is 0.161 e. The van der Waals surface area contributed by atoms with Crippen LogP contribution in [-0.4, -0.2) is 39.9 Å². The van der Waals surface area contributed by atoms with E-state index in [0.29, 0.717) is 12.0 Å². The van der Waals surface area contributed by atoms with Crippen molar-refractivity contribution >= 4 is 5.78 Å². The predicted octanol–water partition coefficient (Wildman–Crippen LogP) is 0.898. The van der Waals surface area contributed by atoms with Crippen LogP contribution >= 0.6 is 0 Å². The minimum absolute atomic E-state index is 0.0201. The largest absolute Gasteiger partial charge is 0.393 e. The Labute approximate surface area is 114 Å². The second-order valence-electron chi connectivity index (χ2n) is 6.48. The summed E-state index contributed by atoms with van der Waals surface area (Å²) in [6.45, 7) is 5.65. The molecular weight excluding hydrogens is 244 g/mol. The number of hydrogen-bond acceptors (Lipinski definition) is 4. The van der Waals surface area contributed by atoms with E-state index in [9.17, 15) is 20.1 Å². The molecule has 0 aromatic rings. The lowest BCUT2D eigenvalue weighted by atomic mass is 9.58. The van der Waals surface area contributed by atoms with E-state index in [1.165, 1.54) is 0 Å². The maximum absolute atomic E-state index is 11.9. The molecule has 1 fully saturated rings. The van der Waals surface area contributed by atoms with Gasteiger partial charge in [0.1, 0.15) is 0 Å². The highest BCUT2D eigenvalue weighted by Crippen LogP contribution is 2.52. The number of aliphatic hydroxyl groups is 3. The summed E-state index contributed by atoms with van der Waals surface area (Å²) in [7, 11) is 0. The summed E-state index contributed by atoms with van der Waals surface area (Å²) in [5, 5.41) is 30.2. The van der Waals surface area contributed by atoms with Crippen LogP contribution in [0.2, 0.25) is 0 Å². The van der Waals surface area contributed by atoms with Crippen molar-refractivity contribution in [1.82, 2.24) is 0 Å². The zero-order valence-corrected chi connectivity index (χ0v) is 11.8. The van der Waals surface area contributed by atoms with Crippen LogP contribution < -0.4 is 0 Å². The van der Waals surface area contributed by atoms with Gasteiger partial charge in [0.2, 0.25) is 0 Å². The first-order valence-electron chi connectivity index (χ1n) is 7.05. The molecule has 5 unspecified atom stereocenters. The number of carbonyl (C=O) groups excluding carboxylic acids is 1. The lowest BCUT2D eigenvalue weighted by Crippen LogP contribution is -2.53. The monoisotopic (exact) mass is 268 g/mol. The van der Waals surface area contributed by atoms with Gasteiger partial charge in [-0.15, -0.1) is 0 Å². The molecule has 3 N–H and O–H groups in total. The van der Waals surface area contributed by atoms with Gasteiger partial charge in [0.05, 0.1) is 18.8 Å². The van der Waals surface area contributed by atoms with E-state index in [4.69, 9.17) is 0 Å². The Balaban J connectivity index is 2.41. The van der Waals surface area contributed by atoms with E-state index in [-0.39, 0.29) is 36.6 Å². The van der Waals surface area contributed by atoms with E-state index in [1.54, 1.807) is 6.08 Å². The molecule has 2 rings (SSSR count). The van der Waals surface area contributed by atoms with Crippen molar-refractivity contribution in [2.45, 2.75) is 45.8 Å². The second kappa shape index (κ2) is 5.00. The average molecular weight is 268 g/mol. The topological polar surface area (TPSA) is 77.8 Å². The number of hydrogen-bond donors (Lipinski definition) is 3. The molecule has 2 aliphatic carbocycles. The van der Waals surface area contributed by atoms with Crippen LogP contribution in [0.3, 0.4) is 0 Å². The number of Topliss-reactive ketones (excluding diaryl/α,β-unsaturated/α-hetero) is 1. The number of carbonyl (C=O) groups is 1. The molecule has 0 aromatic heterocycles. The van der Waals surface area contributed by atoms with Crippen LogP contribution in [0.25, 0.3) is 0 Å². The van der Waals surface area contributed by atoms with Gasteiger partial charge in [-0.05, 0) is 24.2 Å². The lowest BCUT2D eigenvalue weighted by Gasteiger charge is -2.50. The smallest absolute Gasteiger partial charge is 0.161 e. The summed E-state index contributed by atoms with van der Waals surface area (Å²) in [6, 6.07) is 0. The van der Waals surface area contributed by atoms with Crippen LogP contribution in [-0.2, 0) is 4.79 Å². The summed E-state index contributed by atoms with van der Waals surface area (Å²) in [4.78, 5) is 11.9. The number of ketones is 1. The quantitative estimate of drug-likeness (QED) is 0.695. The van der Waals surface area contributed by atoms with Gasteiger partial charge in [-0.1, -0.05) is 26.8 Å². The average Bonchev–Trinajstić information content (AvgIpc) is 2.70. The molecule has 19 heavy (non-hydrogen) atoms. The molecular formula is C15H24O4. The van der Waals surface area contributed by atoms with Gasteiger partial charge in [0.15, 0.2) is 5.78 Å². The standard InChI is InChI=1S/C15H24O4/c1-8(2)11-4-12(17)9(3)15(14(11)19)5-10(7-16)13(18)6-15/h5,8-9,11-12,14,16-17,19H,4,6-7H2,1-3H3. The third kappa shape index (κ3) is 2.16. The van der Waals surface area contributed by atoms with Crippen LogP contribution in [0, 0.1) is 23.2 Å². The molecule has 0 bridgehead atoms. The van der Waals surface area contributed by atoms with Gasteiger partial charge in [0.25, 0.3) is 0 Å². The highest BCUT2D eigenvalue weighted by Gasteiger charge is 2.55. The molecule has 0 saturated heterocycles. The summed E-state index contributed by atoms with van der Waals surface area (Å²) in [6.07, 6.45) is 1.34. The zero-order chi connectivity index (χ0) is 14.4. The Morgan fingerprint density at radius 1 is 1.42 bits per heavy atom. The molecule has 5 atom stereocenters. The first-order chi connectivity index (χ1) is 8.83. The number of aliphatic hydroxyl groups excluding tert-OH is 3. The van der Waals surface area contributed by atoms with E-state index >= 15 is 0 Å². The van der Waals surface area contributed by atoms with Crippen LogP contribution in [0.1, 0.15) is 33.6 Å². The third-order valence-corrected chi connectivity index (χ3v) is 5.19. The molecule has 0 amide bonds. The highest BCUT2D eigenvalue weighted by atomic mass is 16.3. The molecule has 1 saturated carbocycles. The summed E-state index contributed by atoms with van der Waals surface area (Å²) >= 11 is 0. The van der Waals surface area contributed by atoms with Crippen molar-refractivity contribution in [2.24, 2.45) is 23.2 Å². The molecule has 0 aliphatic heterocycles. The fourth-order valence-electron chi connectivity index (χ4n) is 3.74. The minimum Gasteiger partial charge on any atom is -0.393 e. The van der Waals surface area contributed by atoms with Crippen molar-refractivity contribution in [1.29, 1.82) is 0 Å². The van der Waals surface area contributed by atoms with E-state index in [1.807, 2.05) is 20.8 Å². The molecule has 0 aromatic carbocycles. The molecule has 0 heterocycles. The normalized spacial score (nSPS) is 43.1. The zero-order valence-electron chi connectivity index (χ0n) is 11.8. The second-order valence-corrected chi connectivity index (χ2v) is 6.48. The van der Waals surface area contributed by atoms with Crippen molar-refractivity contribution in [3.8, 4) is 0 Å². The van der Waals surface area contributed by atoms with Gasteiger partial charge in [-0.2, -0.15) is 0 Å². The predicted molar refractivity (Wildman–Crippen MR) is 71.3 cm³/mol. The summed E-state index contributed by atoms with van der Waals surface area (Å²) in [5.74, 6) is -0.0560. The molecule has 2 aliphatic rings. The van der Waals surface area contributed by atoms with Gasteiger partial charge in [0, 0.05) is 17.4 Å². The van der Waals surface area contributed by atoms with E-state index in [0.717, 1.165) is 0 Å². The lowest BCUT2D eigenvalue weighted by molar-refractivity contribution is -0.135. The van der Waals surface area contributed by atoms with Crippen LogP contribution in [0.5, 0.6) is 0 Å². The molecule has 4 heteroatoms. The van der Waals surface area contributed by atoms with Crippen molar-refractivity contribution in [3.05, 3.63) is 11.6 Å². The number of rotatable bonds is 2. The van der Waals surface area contributed by atoms with Crippen LogP contribution in [0.15, 0.2) is 11.6 Å².